The molecule has 28 heavy (non-hydrogen) atoms. The van der Waals surface area contributed by atoms with Gasteiger partial charge in [0.25, 0.3) is 0 Å². The second kappa shape index (κ2) is 10.1. The summed E-state index contributed by atoms with van der Waals surface area (Å²) in [6.07, 6.45) is 1.43. The minimum Gasteiger partial charge on any atom is -0.450 e. The molecule has 9 nitrogen and oxygen atoms in total. The van der Waals surface area contributed by atoms with Crippen molar-refractivity contribution in [1.82, 2.24) is 20.0 Å². The molecule has 0 aromatic heterocycles. The summed E-state index contributed by atoms with van der Waals surface area (Å²) in [5, 5.41) is 3.08. The summed E-state index contributed by atoms with van der Waals surface area (Å²) in [5.41, 5.74) is 0. The van der Waals surface area contributed by atoms with E-state index >= 15 is 0 Å². The number of likely N-dealkylation sites (tertiary alicyclic amines) is 2. The lowest BCUT2D eigenvalue weighted by molar-refractivity contribution is -0.129. The van der Waals surface area contributed by atoms with E-state index in [-0.39, 0.29) is 36.3 Å². The minimum absolute atomic E-state index is 0.0446. The lowest BCUT2D eigenvalue weighted by Gasteiger charge is -2.32. The normalized spacial score (nSPS) is 24.5. The summed E-state index contributed by atoms with van der Waals surface area (Å²) in [6, 6.07) is 0.0516. The molecular weight excluding hydrogens is 364 g/mol. The highest BCUT2D eigenvalue weighted by atomic mass is 16.6. The van der Waals surface area contributed by atoms with Gasteiger partial charge in [0, 0.05) is 58.3 Å². The van der Waals surface area contributed by atoms with E-state index in [0.29, 0.717) is 45.6 Å². The van der Waals surface area contributed by atoms with E-state index < -0.39 is 0 Å². The van der Waals surface area contributed by atoms with Crippen LogP contribution in [-0.2, 0) is 19.1 Å². The first-order valence-corrected chi connectivity index (χ1v) is 10.4. The van der Waals surface area contributed by atoms with E-state index in [2.05, 4.69) is 10.2 Å². The molecule has 9 heteroatoms. The fraction of sp³-hybridized carbons (Fsp3) is 0.842. The van der Waals surface area contributed by atoms with Gasteiger partial charge in [0.05, 0.1) is 25.7 Å². The van der Waals surface area contributed by atoms with Crippen LogP contribution >= 0.6 is 0 Å². The van der Waals surface area contributed by atoms with Gasteiger partial charge in [0.15, 0.2) is 0 Å². The Hall–Kier alpha value is -1.87. The van der Waals surface area contributed by atoms with Gasteiger partial charge in [-0.05, 0) is 19.8 Å². The van der Waals surface area contributed by atoms with Gasteiger partial charge >= 0.3 is 6.09 Å². The molecule has 0 bridgehead atoms. The van der Waals surface area contributed by atoms with Crippen molar-refractivity contribution in [3.05, 3.63) is 0 Å². The predicted molar refractivity (Wildman–Crippen MR) is 102 cm³/mol. The molecule has 0 spiro atoms. The van der Waals surface area contributed by atoms with Crippen molar-refractivity contribution in [2.75, 3.05) is 65.6 Å². The van der Waals surface area contributed by atoms with E-state index in [9.17, 15) is 14.4 Å². The summed E-state index contributed by atoms with van der Waals surface area (Å²) >= 11 is 0. The Kier molecular flexibility index (Phi) is 7.50. The second-order valence-electron chi connectivity index (χ2n) is 7.66. The Bertz CT molecular complexity index is 559. The van der Waals surface area contributed by atoms with Crippen molar-refractivity contribution in [2.45, 2.75) is 32.2 Å². The molecule has 0 aromatic rings. The maximum Gasteiger partial charge on any atom is 0.409 e. The summed E-state index contributed by atoms with van der Waals surface area (Å²) in [6.45, 7) is 8.60. The van der Waals surface area contributed by atoms with Crippen LogP contribution in [0.5, 0.6) is 0 Å². The molecule has 0 radical (unpaired) electrons. The topological polar surface area (TPSA) is 91.4 Å². The largest absolute Gasteiger partial charge is 0.450 e. The quantitative estimate of drug-likeness (QED) is 0.674. The molecule has 3 aliphatic rings. The number of hydrogen-bond donors (Lipinski definition) is 1. The standard InChI is InChI=1S/C19H32N4O5/c1-2-28-19(26)22-5-3-16(4-6-22)20-18(25)15-13-17(24)23(14-15)8-7-21-9-11-27-12-10-21/h15-16H,2-14H2,1H3,(H,20,25). The fourth-order valence-corrected chi connectivity index (χ4v) is 3.99. The van der Waals surface area contributed by atoms with Crippen LogP contribution in [0, 0.1) is 5.92 Å². The molecule has 0 saturated carbocycles. The highest BCUT2D eigenvalue weighted by Crippen LogP contribution is 2.19. The van der Waals surface area contributed by atoms with Crippen LogP contribution in [0.15, 0.2) is 0 Å². The SMILES string of the molecule is CCOC(=O)N1CCC(NC(=O)C2CC(=O)N(CCN3CCOCC3)C2)CC1. The maximum atomic E-state index is 12.6. The third-order valence-electron chi connectivity index (χ3n) is 5.74. The summed E-state index contributed by atoms with van der Waals surface area (Å²) in [5.74, 6) is -0.261. The smallest absolute Gasteiger partial charge is 0.409 e. The molecule has 1 N–H and O–H groups in total. The van der Waals surface area contributed by atoms with Crippen LogP contribution in [0.1, 0.15) is 26.2 Å². The zero-order chi connectivity index (χ0) is 19.9. The van der Waals surface area contributed by atoms with E-state index in [1.54, 1.807) is 11.8 Å². The Morgan fingerprint density at radius 1 is 1.14 bits per heavy atom. The van der Waals surface area contributed by atoms with Gasteiger partial charge in [-0.2, -0.15) is 0 Å². The van der Waals surface area contributed by atoms with Gasteiger partial charge in [-0.25, -0.2) is 4.79 Å². The number of amides is 3. The summed E-state index contributed by atoms with van der Waals surface area (Å²) < 4.78 is 10.4. The third kappa shape index (κ3) is 5.57. The van der Waals surface area contributed by atoms with Crippen molar-refractivity contribution in [1.29, 1.82) is 0 Å². The van der Waals surface area contributed by atoms with Crippen molar-refractivity contribution < 1.29 is 23.9 Å². The number of carbonyl (C=O) groups is 3. The lowest BCUT2D eigenvalue weighted by Crippen LogP contribution is -2.48. The van der Waals surface area contributed by atoms with Crippen molar-refractivity contribution in [3.8, 4) is 0 Å². The zero-order valence-electron chi connectivity index (χ0n) is 16.7. The van der Waals surface area contributed by atoms with Crippen LogP contribution in [0.4, 0.5) is 4.79 Å². The molecule has 1 atom stereocenters. The number of rotatable bonds is 6. The molecule has 3 amide bonds. The molecule has 3 fully saturated rings. The Labute approximate surface area is 166 Å². The number of carbonyl (C=O) groups excluding carboxylic acids is 3. The molecule has 1 unspecified atom stereocenters. The van der Waals surface area contributed by atoms with Crippen LogP contribution in [0.2, 0.25) is 0 Å². The van der Waals surface area contributed by atoms with E-state index in [1.165, 1.54) is 0 Å². The van der Waals surface area contributed by atoms with E-state index in [1.807, 2.05) is 4.90 Å². The van der Waals surface area contributed by atoms with Gasteiger partial charge < -0.3 is 24.6 Å². The first-order valence-electron chi connectivity index (χ1n) is 10.4. The molecule has 3 heterocycles. The van der Waals surface area contributed by atoms with Gasteiger partial charge in [0.2, 0.25) is 11.8 Å². The van der Waals surface area contributed by atoms with Gasteiger partial charge in [-0.3, -0.25) is 14.5 Å². The number of nitrogens with zero attached hydrogens (tertiary/aromatic N) is 3. The number of piperidine rings is 1. The molecule has 3 aliphatic heterocycles. The molecule has 0 aromatic carbocycles. The summed E-state index contributed by atoms with van der Waals surface area (Å²) in [7, 11) is 0. The number of nitrogens with one attached hydrogen (secondary N) is 1. The van der Waals surface area contributed by atoms with E-state index in [0.717, 1.165) is 32.8 Å². The highest BCUT2D eigenvalue weighted by molar-refractivity contribution is 5.89. The average molecular weight is 396 g/mol. The molecule has 158 valence electrons. The molecule has 0 aliphatic carbocycles. The van der Waals surface area contributed by atoms with Gasteiger partial charge in [-0.1, -0.05) is 0 Å². The monoisotopic (exact) mass is 396 g/mol. The summed E-state index contributed by atoms with van der Waals surface area (Å²) in [4.78, 5) is 42.4. The average Bonchev–Trinajstić information content (AvgIpc) is 3.09. The fourth-order valence-electron chi connectivity index (χ4n) is 3.99. The molecule has 3 saturated heterocycles. The Morgan fingerprint density at radius 2 is 1.86 bits per heavy atom. The lowest BCUT2D eigenvalue weighted by atomic mass is 10.0. The van der Waals surface area contributed by atoms with Gasteiger partial charge in [-0.15, -0.1) is 0 Å². The first kappa shape index (κ1) is 20.9. The van der Waals surface area contributed by atoms with Crippen LogP contribution in [0.25, 0.3) is 0 Å². The minimum atomic E-state index is -0.287. The highest BCUT2D eigenvalue weighted by Gasteiger charge is 2.35. The van der Waals surface area contributed by atoms with Crippen LogP contribution in [0.3, 0.4) is 0 Å². The van der Waals surface area contributed by atoms with Crippen LogP contribution in [-0.4, -0.2) is 104 Å². The van der Waals surface area contributed by atoms with E-state index in [4.69, 9.17) is 9.47 Å². The van der Waals surface area contributed by atoms with Crippen molar-refractivity contribution in [2.24, 2.45) is 5.92 Å². The second-order valence-corrected chi connectivity index (χ2v) is 7.66. The Morgan fingerprint density at radius 3 is 2.54 bits per heavy atom. The Balaban J connectivity index is 1.38. The van der Waals surface area contributed by atoms with Crippen LogP contribution < -0.4 is 5.32 Å². The van der Waals surface area contributed by atoms with Gasteiger partial charge in [0.1, 0.15) is 0 Å². The maximum absolute atomic E-state index is 12.6. The van der Waals surface area contributed by atoms with Crippen molar-refractivity contribution >= 4 is 17.9 Å². The van der Waals surface area contributed by atoms with Crippen molar-refractivity contribution in [3.63, 3.8) is 0 Å². The zero-order valence-corrected chi connectivity index (χ0v) is 16.7. The molecule has 3 rings (SSSR count). The number of hydrogen-bond acceptors (Lipinski definition) is 6. The first-order chi connectivity index (χ1) is 13.6. The number of ether oxygens (including phenoxy) is 2. The molecular formula is C19H32N4O5. The third-order valence-corrected chi connectivity index (χ3v) is 5.74. The number of morpholine rings is 1. The predicted octanol–water partition coefficient (Wildman–Crippen LogP) is -0.0958.